The van der Waals surface area contributed by atoms with Crippen LogP contribution in [0.15, 0.2) is 53.4 Å². The number of carbonyl (C=O) groups is 2. The lowest BCUT2D eigenvalue weighted by molar-refractivity contribution is -0.212. The average Bonchev–Trinajstić information content (AvgIpc) is 2.84. The zero-order valence-corrected chi connectivity index (χ0v) is 22.3. The molecule has 8 nitrogen and oxygen atoms in total. The van der Waals surface area contributed by atoms with Crippen LogP contribution in [0, 0.1) is 18.8 Å². The van der Waals surface area contributed by atoms with Crippen molar-refractivity contribution >= 4 is 22.0 Å². The predicted octanol–water partition coefficient (Wildman–Crippen LogP) is 4.11. The second kappa shape index (κ2) is 12.9. The van der Waals surface area contributed by atoms with Crippen molar-refractivity contribution in [3.63, 3.8) is 0 Å². The highest BCUT2D eigenvalue weighted by Crippen LogP contribution is 2.26. The molecule has 2 aromatic rings. The van der Waals surface area contributed by atoms with Crippen LogP contribution in [-0.2, 0) is 29.0 Å². The molecule has 0 bridgehead atoms. The van der Waals surface area contributed by atoms with Crippen LogP contribution in [0.5, 0.6) is 0 Å². The quantitative estimate of drug-likeness (QED) is 0.313. The van der Waals surface area contributed by atoms with E-state index in [9.17, 15) is 18.0 Å². The van der Waals surface area contributed by atoms with Crippen molar-refractivity contribution in [2.24, 2.45) is 0 Å². The minimum Gasteiger partial charge on any atom is -0.458 e. The predicted molar refractivity (Wildman–Crippen MR) is 138 cm³/mol. The lowest BCUT2D eigenvalue weighted by Crippen LogP contribution is -2.56. The summed E-state index contributed by atoms with van der Waals surface area (Å²) < 4.78 is 45.6. The standard InChI is InChI=1S/C28H33NO7S/c1-5-6-7-8-11-22-12-9-10-13-24(22)28(31)36-26-18-25(27(20(3)34-26)35-21(4)30)29-37(32,33)23-16-14-19(2)15-17-23/h9-10,12-17,20,25-27,29H,5-7,18H2,1-4H3/t20-,25+,26-,27-/m0/s1. The number of rotatable bonds is 8. The second-order valence-electron chi connectivity index (χ2n) is 8.98. The Morgan fingerprint density at radius 1 is 1.11 bits per heavy atom. The summed E-state index contributed by atoms with van der Waals surface area (Å²) in [6.45, 7) is 6.81. The highest BCUT2D eigenvalue weighted by Gasteiger charge is 2.42. The van der Waals surface area contributed by atoms with Crippen LogP contribution in [0.4, 0.5) is 0 Å². The number of benzene rings is 2. The Balaban J connectivity index is 1.80. The van der Waals surface area contributed by atoms with Gasteiger partial charge in [-0.1, -0.05) is 55.0 Å². The van der Waals surface area contributed by atoms with E-state index in [-0.39, 0.29) is 11.3 Å². The SMILES string of the molecule is CCCCC#Cc1ccccc1C(=O)O[C@H]1C[C@@H](NS(=O)(=O)c2ccc(C)cc2)[C@@H](OC(C)=O)[C@H](C)O1. The molecule has 3 rings (SSSR count). The molecule has 1 heterocycles. The van der Waals surface area contributed by atoms with Gasteiger partial charge in [-0.3, -0.25) is 4.79 Å². The van der Waals surface area contributed by atoms with E-state index in [1.807, 2.05) is 6.92 Å². The smallest absolute Gasteiger partial charge is 0.341 e. The number of esters is 2. The summed E-state index contributed by atoms with van der Waals surface area (Å²) in [7, 11) is -3.95. The largest absolute Gasteiger partial charge is 0.458 e. The summed E-state index contributed by atoms with van der Waals surface area (Å²) in [5.41, 5.74) is 1.75. The van der Waals surface area contributed by atoms with E-state index in [0.29, 0.717) is 11.1 Å². The summed E-state index contributed by atoms with van der Waals surface area (Å²) in [5.74, 6) is 4.88. The highest BCUT2D eigenvalue weighted by atomic mass is 32.2. The first-order chi connectivity index (χ1) is 17.6. The summed E-state index contributed by atoms with van der Waals surface area (Å²) in [6.07, 6.45) is -0.0570. The molecule has 2 aromatic carbocycles. The molecule has 1 N–H and O–H groups in total. The van der Waals surface area contributed by atoms with E-state index < -0.39 is 46.5 Å². The first-order valence-corrected chi connectivity index (χ1v) is 13.8. The number of hydrogen-bond acceptors (Lipinski definition) is 7. The third-order valence-corrected chi connectivity index (χ3v) is 7.38. The van der Waals surface area contributed by atoms with E-state index in [0.717, 1.165) is 24.8 Å². The Kier molecular flexibility index (Phi) is 9.86. The molecule has 0 aromatic heterocycles. The minimum absolute atomic E-state index is 0.0521. The van der Waals surface area contributed by atoms with Gasteiger partial charge >= 0.3 is 11.9 Å². The molecule has 198 valence electrons. The van der Waals surface area contributed by atoms with Crippen molar-refractivity contribution in [3.8, 4) is 11.8 Å². The topological polar surface area (TPSA) is 108 Å². The van der Waals surface area contributed by atoms with Crippen molar-refractivity contribution in [1.82, 2.24) is 4.72 Å². The number of ether oxygens (including phenoxy) is 3. The Bertz CT molecular complexity index is 1260. The van der Waals surface area contributed by atoms with Crippen molar-refractivity contribution in [2.45, 2.75) is 82.8 Å². The van der Waals surface area contributed by atoms with Gasteiger partial charge in [0.2, 0.25) is 16.3 Å². The molecule has 1 fully saturated rings. The molecule has 0 radical (unpaired) electrons. The molecule has 0 aliphatic carbocycles. The highest BCUT2D eigenvalue weighted by molar-refractivity contribution is 7.89. The second-order valence-corrected chi connectivity index (χ2v) is 10.7. The zero-order chi connectivity index (χ0) is 27.0. The van der Waals surface area contributed by atoms with Gasteiger partial charge in [-0.25, -0.2) is 17.9 Å². The van der Waals surface area contributed by atoms with Gasteiger partial charge in [-0.2, -0.15) is 0 Å². The van der Waals surface area contributed by atoms with E-state index in [1.54, 1.807) is 43.3 Å². The lowest BCUT2D eigenvalue weighted by atomic mass is 10.00. The molecular formula is C28H33NO7S. The maximum atomic E-state index is 13.1. The van der Waals surface area contributed by atoms with Gasteiger partial charge in [0.05, 0.1) is 22.6 Å². The summed E-state index contributed by atoms with van der Waals surface area (Å²) in [6, 6.07) is 12.4. The van der Waals surface area contributed by atoms with Crippen LogP contribution in [0.25, 0.3) is 0 Å². The monoisotopic (exact) mass is 527 g/mol. The van der Waals surface area contributed by atoms with Crippen LogP contribution in [0.2, 0.25) is 0 Å². The summed E-state index contributed by atoms with van der Waals surface area (Å²) in [4.78, 5) is 24.8. The Morgan fingerprint density at radius 2 is 1.81 bits per heavy atom. The van der Waals surface area contributed by atoms with Gasteiger partial charge < -0.3 is 14.2 Å². The molecule has 1 aliphatic heterocycles. The van der Waals surface area contributed by atoms with Crippen molar-refractivity contribution in [1.29, 1.82) is 0 Å². The third-order valence-electron chi connectivity index (χ3n) is 5.88. The molecule has 1 saturated heterocycles. The Labute approximate surface area is 218 Å². The maximum Gasteiger partial charge on any atom is 0.341 e. The number of unbranched alkanes of at least 4 members (excludes halogenated alkanes) is 2. The van der Waals surface area contributed by atoms with Crippen molar-refractivity contribution in [2.75, 3.05) is 0 Å². The fraction of sp³-hybridized carbons (Fsp3) is 0.429. The Hall–Kier alpha value is -3.19. The minimum atomic E-state index is -3.95. The van der Waals surface area contributed by atoms with Crippen LogP contribution in [0.3, 0.4) is 0 Å². The Morgan fingerprint density at radius 3 is 2.49 bits per heavy atom. The van der Waals surface area contributed by atoms with Crippen molar-refractivity contribution in [3.05, 3.63) is 65.2 Å². The molecule has 37 heavy (non-hydrogen) atoms. The molecule has 1 aliphatic rings. The van der Waals surface area contributed by atoms with Gasteiger partial charge in [0.1, 0.15) is 6.10 Å². The molecular weight excluding hydrogens is 494 g/mol. The molecule has 0 amide bonds. The van der Waals surface area contributed by atoms with Gasteiger partial charge in [0, 0.05) is 25.3 Å². The maximum absolute atomic E-state index is 13.1. The number of nitrogens with one attached hydrogen (secondary N) is 1. The zero-order valence-electron chi connectivity index (χ0n) is 21.5. The molecule has 0 spiro atoms. The summed E-state index contributed by atoms with van der Waals surface area (Å²) >= 11 is 0. The van der Waals surface area contributed by atoms with E-state index in [4.69, 9.17) is 14.2 Å². The molecule has 0 saturated carbocycles. The van der Waals surface area contributed by atoms with Gasteiger partial charge in [-0.15, -0.1) is 0 Å². The van der Waals surface area contributed by atoms with Crippen LogP contribution in [0.1, 0.15) is 67.9 Å². The fourth-order valence-electron chi connectivity index (χ4n) is 3.96. The number of hydrogen-bond donors (Lipinski definition) is 1. The average molecular weight is 528 g/mol. The first-order valence-electron chi connectivity index (χ1n) is 12.3. The number of aryl methyl sites for hydroxylation is 1. The number of sulfonamides is 1. The van der Waals surface area contributed by atoms with Gasteiger partial charge in [0.15, 0.2) is 0 Å². The van der Waals surface area contributed by atoms with E-state index >= 15 is 0 Å². The third kappa shape index (κ3) is 7.89. The van der Waals surface area contributed by atoms with Crippen LogP contribution in [-0.4, -0.2) is 44.9 Å². The van der Waals surface area contributed by atoms with Crippen LogP contribution < -0.4 is 4.72 Å². The van der Waals surface area contributed by atoms with Gasteiger partial charge in [-0.05, 0) is 44.5 Å². The number of carbonyl (C=O) groups excluding carboxylic acids is 2. The fourth-order valence-corrected chi connectivity index (χ4v) is 5.22. The molecule has 0 unspecified atom stereocenters. The van der Waals surface area contributed by atoms with Gasteiger partial charge in [0.25, 0.3) is 0 Å². The van der Waals surface area contributed by atoms with Crippen LogP contribution >= 0.6 is 0 Å². The lowest BCUT2D eigenvalue weighted by Gasteiger charge is -2.39. The summed E-state index contributed by atoms with van der Waals surface area (Å²) in [5, 5.41) is 0. The normalized spacial score (nSPS) is 21.4. The van der Waals surface area contributed by atoms with Crippen molar-refractivity contribution < 1.29 is 32.2 Å². The van der Waals surface area contributed by atoms with E-state index in [1.165, 1.54) is 19.1 Å². The molecule has 9 heteroatoms. The van der Waals surface area contributed by atoms with E-state index in [2.05, 4.69) is 23.5 Å². The first kappa shape index (κ1) is 28.4. The molecule has 4 atom stereocenters.